The van der Waals surface area contributed by atoms with E-state index in [9.17, 15) is 24.0 Å². The fourth-order valence-electron chi connectivity index (χ4n) is 6.41. The minimum Gasteiger partial charge on any atom is -0.457 e. The Morgan fingerprint density at radius 1 is 1.08 bits per heavy atom. The molecule has 1 amide bonds. The maximum Gasteiger partial charge on any atom is 0.373 e. The number of aromatic nitrogens is 1. The van der Waals surface area contributed by atoms with Crippen LogP contribution in [0.15, 0.2) is 82.8 Å². The van der Waals surface area contributed by atoms with E-state index in [1.807, 2.05) is 74.5 Å². The van der Waals surface area contributed by atoms with Crippen LogP contribution in [0.25, 0.3) is 0 Å². The van der Waals surface area contributed by atoms with Gasteiger partial charge in [-0.05, 0) is 44.4 Å². The fourth-order valence-corrected chi connectivity index (χ4v) is 8.63. The topological polar surface area (TPSA) is 151 Å². The molecule has 3 aromatic rings. The number of Topliss-reactive ketones (excluding diaryl/α,β-unsaturated/α-hetero) is 1. The Morgan fingerprint density at radius 3 is 2.35 bits per heavy atom. The van der Waals surface area contributed by atoms with Gasteiger partial charge in [0.05, 0.1) is 22.7 Å². The molecule has 52 heavy (non-hydrogen) atoms. The molecule has 4 heterocycles. The number of fused-ring (bicyclic) bond motifs is 3. The van der Waals surface area contributed by atoms with Crippen molar-refractivity contribution in [2.75, 3.05) is 12.4 Å². The normalized spacial score (nSPS) is 22.8. The number of oxime groups is 1. The zero-order chi connectivity index (χ0) is 37.0. The molecule has 6 rings (SSSR count). The molecule has 0 unspecified atom stereocenters. The average molecular weight is 746 g/mol. The molecule has 0 radical (unpaired) electrons. The number of allylic oxidation sites excluding steroid dienone is 1. The van der Waals surface area contributed by atoms with Gasteiger partial charge < -0.3 is 19.0 Å². The van der Waals surface area contributed by atoms with E-state index < -0.39 is 64.7 Å². The molecule has 2 aromatic carbocycles. The van der Waals surface area contributed by atoms with Gasteiger partial charge in [-0.25, -0.2) is 14.6 Å². The molecule has 0 spiro atoms. The number of aryl methyl sites for hydroxylation is 1. The van der Waals surface area contributed by atoms with Crippen molar-refractivity contribution in [3.63, 3.8) is 0 Å². The number of carbonyl (C=O) groups is 5. The lowest BCUT2D eigenvalue weighted by Crippen LogP contribution is -2.75. The number of rotatable bonds is 14. The van der Waals surface area contributed by atoms with Crippen LogP contribution in [0.5, 0.6) is 0 Å². The van der Waals surface area contributed by atoms with Gasteiger partial charge in [0.1, 0.15) is 12.3 Å². The molecule has 3 fully saturated rings. The summed E-state index contributed by atoms with van der Waals surface area (Å²) in [6, 6.07) is 18.7. The number of amides is 1. The standard InChI is InChI=1S/C38H39N3O9S2/c1-5-30(36(45)48-33(24-12-8-6-9-13-24)25-14-10-7-11-15-25)50-40-32(28-21-51-23(4)39-28)29(42)19-27-34(44)41-35(27)52-20-26-18-31(43)49-38(26,41)37(46)47-17-16-22(2)3/h6-16,21,26-27,30,33,35H,5,17-20H2,1-4H3/b40-32-/t26-,27+,30-,35+,38+/m0/s1. The van der Waals surface area contributed by atoms with Gasteiger partial charge in [0.25, 0.3) is 5.72 Å². The highest BCUT2D eigenvalue weighted by Gasteiger charge is 2.71. The molecule has 3 aliphatic rings. The number of nitrogens with zero attached hydrogens (tertiary/aromatic N) is 3. The molecule has 272 valence electrons. The van der Waals surface area contributed by atoms with Gasteiger partial charge in [-0.3, -0.25) is 19.3 Å². The molecule has 5 atom stereocenters. The largest absolute Gasteiger partial charge is 0.457 e. The Hall–Kier alpha value is -4.82. The Bertz CT molecular complexity index is 1850. The van der Waals surface area contributed by atoms with E-state index in [0.717, 1.165) is 16.7 Å². The molecule has 1 aromatic heterocycles. The third kappa shape index (κ3) is 7.40. The van der Waals surface area contributed by atoms with E-state index in [4.69, 9.17) is 19.0 Å². The second-order valence-electron chi connectivity index (χ2n) is 12.9. The van der Waals surface area contributed by atoms with Gasteiger partial charge in [0.2, 0.25) is 12.0 Å². The Kier molecular flexibility index (Phi) is 11.2. The van der Waals surface area contributed by atoms with Crippen LogP contribution in [0.3, 0.4) is 0 Å². The van der Waals surface area contributed by atoms with Crippen molar-refractivity contribution in [1.29, 1.82) is 0 Å². The molecule has 0 N–H and O–H groups in total. The van der Waals surface area contributed by atoms with Crippen molar-refractivity contribution in [1.82, 2.24) is 9.88 Å². The number of ketones is 1. The van der Waals surface area contributed by atoms with E-state index in [0.29, 0.717) is 10.8 Å². The number of hydrogen-bond donors (Lipinski definition) is 0. The van der Waals surface area contributed by atoms with Gasteiger partial charge in [0.15, 0.2) is 17.6 Å². The van der Waals surface area contributed by atoms with Crippen LogP contribution >= 0.6 is 23.1 Å². The van der Waals surface area contributed by atoms with Crippen LogP contribution in [-0.4, -0.2) is 74.8 Å². The first-order valence-electron chi connectivity index (χ1n) is 17.0. The van der Waals surface area contributed by atoms with E-state index in [1.165, 1.54) is 28.0 Å². The summed E-state index contributed by atoms with van der Waals surface area (Å²) in [4.78, 5) is 78.7. The van der Waals surface area contributed by atoms with Crippen LogP contribution in [0.4, 0.5) is 0 Å². The second-order valence-corrected chi connectivity index (χ2v) is 15.2. The van der Waals surface area contributed by atoms with Crippen molar-refractivity contribution in [2.24, 2.45) is 17.0 Å². The third-order valence-electron chi connectivity index (χ3n) is 9.09. The van der Waals surface area contributed by atoms with E-state index >= 15 is 0 Å². The summed E-state index contributed by atoms with van der Waals surface area (Å²) in [5.41, 5.74) is 0.698. The summed E-state index contributed by atoms with van der Waals surface area (Å²) >= 11 is 2.69. The summed E-state index contributed by atoms with van der Waals surface area (Å²) < 4.78 is 17.1. The van der Waals surface area contributed by atoms with Crippen molar-refractivity contribution < 1.29 is 43.0 Å². The van der Waals surface area contributed by atoms with Crippen molar-refractivity contribution in [3.05, 3.63) is 99.5 Å². The highest BCUT2D eigenvalue weighted by atomic mass is 32.2. The maximum absolute atomic E-state index is 14.0. The summed E-state index contributed by atoms with van der Waals surface area (Å²) in [6.07, 6.45) is -0.258. The van der Waals surface area contributed by atoms with Crippen LogP contribution in [0, 0.1) is 18.8 Å². The average Bonchev–Trinajstić information content (AvgIpc) is 3.73. The van der Waals surface area contributed by atoms with Gasteiger partial charge in [-0.2, -0.15) is 0 Å². The number of β-lactam (4-membered cyclic amide) rings is 1. The van der Waals surface area contributed by atoms with Crippen LogP contribution in [0.1, 0.15) is 68.0 Å². The maximum atomic E-state index is 14.0. The van der Waals surface area contributed by atoms with Crippen LogP contribution < -0.4 is 0 Å². The molecule has 0 bridgehead atoms. The monoisotopic (exact) mass is 745 g/mol. The molecule has 12 nitrogen and oxygen atoms in total. The highest BCUT2D eigenvalue weighted by molar-refractivity contribution is 8.00. The molecular weight excluding hydrogens is 707 g/mol. The first-order chi connectivity index (χ1) is 25.0. The molecule has 0 aliphatic carbocycles. The van der Waals surface area contributed by atoms with Crippen LogP contribution in [0.2, 0.25) is 0 Å². The smallest absolute Gasteiger partial charge is 0.373 e. The molecule has 0 saturated carbocycles. The lowest BCUT2D eigenvalue weighted by molar-refractivity contribution is -0.222. The summed E-state index contributed by atoms with van der Waals surface area (Å²) in [5.74, 6) is -4.19. The number of esters is 3. The second kappa shape index (κ2) is 15.8. The number of ether oxygens (including phenoxy) is 3. The van der Waals surface area contributed by atoms with Crippen molar-refractivity contribution in [3.8, 4) is 0 Å². The number of thiazole rings is 1. The summed E-state index contributed by atoms with van der Waals surface area (Å²) in [6.45, 7) is 7.19. The predicted molar refractivity (Wildman–Crippen MR) is 193 cm³/mol. The first kappa shape index (κ1) is 37.0. The molecule has 3 aliphatic heterocycles. The van der Waals surface area contributed by atoms with Crippen molar-refractivity contribution in [2.45, 2.75) is 70.3 Å². The van der Waals surface area contributed by atoms with Crippen molar-refractivity contribution >= 4 is 58.4 Å². The number of benzene rings is 2. The Morgan fingerprint density at radius 2 is 1.75 bits per heavy atom. The lowest BCUT2D eigenvalue weighted by atomic mass is 9.84. The minimum absolute atomic E-state index is 0.0271. The first-order valence-corrected chi connectivity index (χ1v) is 18.9. The van der Waals surface area contributed by atoms with Crippen LogP contribution in [-0.2, 0) is 43.0 Å². The minimum atomic E-state index is -1.88. The quantitative estimate of drug-likeness (QED) is 0.0511. The molecule has 14 heteroatoms. The van der Waals surface area contributed by atoms with Gasteiger partial charge in [-0.1, -0.05) is 78.3 Å². The Labute approximate surface area is 309 Å². The third-order valence-corrected chi connectivity index (χ3v) is 11.3. The summed E-state index contributed by atoms with van der Waals surface area (Å²) in [7, 11) is 0. The van der Waals surface area contributed by atoms with E-state index in [2.05, 4.69) is 10.1 Å². The molecule has 3 saturated heterocycles. The van der Waals surface area contributed by atoms with E-state index in [1.54, 1.807) is 25.3 Å². The Balaban J connectivity index is 1.20. The number of hydrogen-bond acceptors (Lipinski definition) is 13. The van der Waals surface area contributed by atoms with Gasteiger partial charge in [-0.15, -0.1) is 23.1 Å². The predicted octanol–water partition coefficient (Wildman–Crippen LogP) is 5.54. The zero-order valence-electron chi connectivity index (χ0n) is 29.2. The number of thioether (sulfide) groups is 1. The van der Waals surface area contributed by atoms with Gasteiger partial charge >= 0.3 is 17.9 Å². The molecular formula is C38H39N3O9S2. The van der Waals surface area contributed by atoms with E-state index in [-0.39, 0.29) is 37.3 Å². The SMILES string of the molecule is CC[C@H](O/N=C(\C(=O)C[C@@H]1C(=O)N2[C@@H]1SC[C@@H]1CC(=O)O[C@@]12C(=O)OCC=C(C)C)c1csc(C)n1)C(=O)OC(c1ccccc1)c1ccccc1. The van der Waals surface area contributed by atoms with Gasteiger partial charge in [0, 0.05) is 23.5 Å². The fraction of sp³-hybridized carbons (Fsp3) is 0.395. The zero-order valence-corrected chi connectivity index (χ0v) is 30.8. The highest BCUT2D eigenvalue weighted by Crippen LogP contribution is 2.54. The lowest BCUT2D eigenvalue weighted by Gasteiger charge is -2.57. The number of carbonyl (C=O) groups excluding carboxylic acids is 5. The summed E-state index contributed by atoms with van der Waals surface area (Å²) in [5, 5.41) is 5.88.